The summed E-state index contributed by atoms with van der Waals surface area (Å²) in [5.74, 6) is -0.290. The van der Waals surface area contributed by atoms with Crippen LogP contribution in [0.1, 0.15) is 19.3 Å². The molecule has 3 heteroatoms. The summed E-state index contributed by atoms with van der Waals surface area (Å²) in [5.41, 5.74) is 0. The van der Waals surface area contributed by atoms with Crippen LogP contribution in [-0.4, -0.2) is 36.1 Å². The molecule has 0 heterocycles. The zero-order valence-corrected chi connectivity index (χ0v) is 7.08. The summed E-state index contributed by atoms with van der Waals surface area (Å²) in [6.07, 6.45) is 3.35. The van der Waals surface area contributed by atoms with Gasteiger partial charge in [0.1, 0.15) is 6.04 Å². The van der Waals surface area contributed by atoms with Gasteiger partial charge in [0.05, 0.1) is 0 Å². The molecule has 0 saturated heterocycles. The van der Waals surface area contributed by atoms with Crippen LogP contribution in [0.4, 0.5) is 0 Å². The van der Waals surface area contributed by atoms with Gasteiger partial charge in [0.2, 0.25) is 0 Å². The topological polar surface area (TPSA) is 40.5 Å². The summed E-state index contributed by atoms with van der Waals surface area (Å²) in [6.45, 7) is 0. The van der Waals surface area contributed by atoms with Gasteiger partial charge in [-0.1, -0.05) is 6.42 Å². The van der Waals surface area contributed by atoms with Crippen molar-refractivity contribution in [1.29, 1.82) is 0 Å². The van der Waals surface area contributed by atoms with Crippen molar-refractivity contribution in [3.05, 3.63) is 0 Å². The maximum atomic E-state index is 10.7. The van der Waals surface area contributed by atoms with E-state index in [4.69, 9.17) is 5.11 Å². The van der Waals surface area contributed by atoms with Crippen LogP contribution >= 0.6 is 0 Å². The first-order chi connectivity index (χ1) is 5.13. The molecule has 0 aromatic carbocycles. The number of carboxylic acids is 1. The molecule has 11 heavy (non-hydrogen) atoms. The highest BCUT2D eigenvalue weighted by molar-refractivity contribution is 5.73. The maximum absolute atomic E-state index is 10.7. The molecular formula is C8H15NO2. The molecule has 1 N–H and O–H groups in total. The summed E-state index contributed by atoms with van der Waals surface area (Å²) < 4.78 is 0. The Morgan fingerprint density at radius 1 is 1.55 bits per heavy atom. The first-order valence-corrected chi connectivity index (χ1v) is 4.02. The summed E-state index contributed by atoms with van der Waals surface area (Å²) >= 11 is 0. The van der Waals surface area contributed by atoms with Crippen molar-refractivity contribution >= 4 is 5.97 Å². The van der Waals surface area contributed by atoms with Gasteiger partial charge in [-0.25, -0.2) is 0 Å². The number of carboxylic acid groups (broad SMARTS) is 1. The third-order valence-electron chi connectivity index (χ3n) is 2.41. The van der Waals surface area contributed by atoms with E-state index in [9.17, 15) is 4.79 Å². The van der Waals surface area contributed by atoms with E-state index in [1.165, 1.54) is 6.42 Å². The highest BCUT2D eigenvalue weighted by Gasteiger charge is 2.33. The smallest absolute Gasteiger partial charge is 0.321 e. The van der Waals surface area contributed by atoms with E-state index in [-0.39, 0.29) is 6.04 Å². The lowest BCUT2D eigenvalue weighted by atomic mass is 9.79. The predicted molar refractivity (Wildman–Crippen MR) is 42.5 cm³/mol. The zero-order chi connectivity index (χ0) is 8.43. The first kappa shape index (κ1) is 8.53. The van der Waals surface area contributed by atoms with E-state index in [1.54, 1.807) is 4.90 Å². The van der Waals surface area contributed by atoms with Crippen LogP contribution in [0.25, 0.3) is 0 Å². The Hall–Kier alpha value is -0.570. The second kappa shape index (κ2) is 3.22. The second-order valence-corrected chi connectivity index (χ2v) is 3.44. The lowest BCUT2D eigenvalue weighted by Gasteiger charge is -2.34. The standard InChI is InChI=1S/C8H15NO2/c1-9(2)7(8(10)11)6-4-3-5-6/h6-7H,3-5H2,1-2H3,(H,10,11). The molecule has 1 atom stereocenters. The Balaban J connectivity index is 2.51. The minimum Gasteiger partial charge on any atom is -0.480 e. The van der Waals surface area contributed by atoms with Crippen LogP contribution in [0.2, 0.25) is 0 Å². The summed E-state index contributed by atoms with van der Waals surface area (Å²) in [4.78, 5) is 12.5. The van der Waals surface area contributed by atoms with Crippen molar-refractivity contribution in [3.8, 4) is 0 Å². The molecule has 0 aromatic heterocycles. The molecule has 0 bridgehead atoms. The van der Waals surface area contributed by atoms with E-state index < -0.39 is 5.97 Å². The molecule has 0 aliphatic heterocycles. The Morgan fingerprint density at radius 3 is 2.18 bits per heavy atom. The number of rotatable bonds is 3. The lowest BCUT2D eigenvalue weighted by Crippen LogP contribution is -2.44. The molecule has 0 aromatic rings. The van der Waals surface area contributed by atoms with E-state index in [0.29, 0.717) is 5.92 Å². The quantitative estimate of drug-likeness (QED) is 0.658. The molecule has 1 unspecified atom stereocenters. The van der Waals surface area contributed by atoms with Crippen molar-refractivity contribution in [2.75, 3.05) is 14.1 Å². The lowest BCUT2D eigenvalue weighted by molar-refractivity contribution is -0.145. The average molecular weight is 157 g/mol. The molecule has 1 aliphatic carbocycles. The fraction of sp³-hybridized carbons (Fsp3) is 0.875. The number of likely N-dealkylation sites (N-methyl/N-ethyl adjacent to an activating group) is 1. The van der Waals surface area contributed by atoms with Crippen LogP contribution in [-0.2, 0) is 4.79 Å². The van der Waals surface area contributed by atoms with E-state index >= 15 is 0 Å². The molecule has 1 saturated carbocycles. The highest BCUT2D eigenvalue weighted by Crippen LogP contribution is 2.31. The predicted octanol–water partition coefficient (Wildman–Crippen LogP) is 0.801. The van der Waals surface area contributed by atoms with Crippen molar-refractivity contribution in [2.24, 2.45) is 5.92 Å². The van der Waals surface area contributed by atoms with Gasteiger partial charge in [0.25, 0.3) is 0 Å². The minimum atomic E-state index is -0.681. The second-order valence-electron chi connectivity index (χ2n) is 3.44. The normalized spacial score (nSPS) is 21.4. The highest BCUT2D eigenvalue weighted by atomic mass is 16.4. The summed E-state index contributed by atoms with van der Waals surface area (Å²) in [5, 5.41) is 8.84. The van der Waals surface area contributed by atoms with Crippen LogP contribution in [0.15, 0.2) is 0 Å². The molecule has 0 amide bonds. The van der Waals surface area contributed by atoms with Gasteiger partial charge in [-0.2, -0.15) is 0 Å². The SMILES string of the molecule is CN(C)C(C(=O)O)C1CCC1. The van der Waals surface area contributed by atoms with E-state index in [1.807, 2.05) is 14.1 Å². The first-order valence-electron chi connectivity index (χ1n) is 4.02. The largest absolute Gasteiger partial charge is 0.480 e. The zero-order valence-electron chi connectivity index (χ0n) is 7.08. The fourth-order valence-corrected chi connectivity index (χ4v) is 1.60. The number of hydrogen-bond acceptors (Lipinski definition) is 2. The maximum Gasteiger partial charge on any atom is 0.321 e. The monoisotopic (exact) mass is 157 g/mol. The third kappa shape index (κ3) is 1.71. The number of nitrogens with zero attached hydrogens (tertiary/aromatic N) is 1. The Labute approximate surface area is 67.0 Å². The summed E-state index contributed by atoms with van der Waals surface area (Å²) in [7, 11) is 3.66. The molecular weight excluding hydrogens is 142 g/mol. The molecule has 3 nitrogen and oxygen atoms in total. The van der Waals surface area contributed by atoms with Crippen LogP contribution < -0.4 is 0 Å². The number of carbonyl (C=O) groups is 1. The van der Waals surface area contributed by atoms with Gasteiger partial charge in [0.15, 0.2) is 0 Å². The molecule has 64 valence electrons. The third-order valence-corrected chi connectivity index (χ3v) is 2.41. The molecule has 0 radical (unpaired) electrons. The number of aliphatic carboxylic acids is 1. The van der Waals surface area contributed by atoms with Crippen LogP contribution in [0, 0.1) is 5.92 Å². The van der Waals surface area contributed by atoms with Gasteiger partial charge in [0, 0.05) is 0 Å². The minimum absolute atomic E-state index is 0.260. The Bertz CT molecular complexity index is 152. The van der Waals surface area contributed by atoms with Crippen LogP contribution in [0.3, 0.4) is 0 Å². The molecule has 1 fully saturated rings. The summed E-state index contributed by atoms with van der Waals surface area (Å²) in [6, 6.07) is -0.260. The van der Waals surface area contributed by atoms with Crippen molar-refractivity contribution in [3.63, 3.8) is 0 Å². The van der Waals surface area contributed by atoms with Gasteiger partial charge < -0.3 is 5.11 Å². The van der Waals surface area contributed by atoms with E-state index in [2.05, 4.69) is 0 Å². The molecule has 0 spiro atoms. The average Bonchev–Trinajstić information content (AvgIpc) is 1.75. The molecule has 1 aliphatic rings. The van der Waals surface area contributed by atoms with Crippen molar-refractivity contribution in [1.82, 2.24) is 4.90 Å². The van der Waals surface area contributed by atoms with Gasteiger partial charge in [-0.05, 0) is 32.9 Å². The van der Waals surface area contributed by atoms with Gasteiger partial charge >= 0.3 is 5.97 Å². The van der Waals surface area contributed by atoms with Gasteiger partial charge in [-0.3, -0.25) is 9.69 Å². The number of hydrogen-bond donors (Lipinski definition) is 1. The fourth-order valence-electron chi connectivity index (χ4n) is 1.60. The Morgan fingerprint density at radius 2 is 2.09 bits per heavy atom. The van der Waals surface area contributed by atoms with Crippen LogP contribution in [0.5, 0.6) is 0 Å². The van der Waals surface area contributed by atoms with E-state index in [0.717, 1.165) is 12.8 Å². The molecule has 1 rings (SSSR count). The Kier molecular flexibility index (Phi) is 2.49. The van der Waals surface area contributed by atoms with Gasteiger partial charge in [-0.15, -0.1) is 0 Å². The van der Waals surface area contributed by atoms with Crippen molar-refractivity contribution in [2.45, 2.75) is 25.3 Å². The van der Waals surface area contributed by atoms with Crippen molar-refractivity contribution < 1.29 is 9.90 Å².